The number of hydrogen-bond acceptors (Lipinski definition) is 4. The highest BCUT2D eigenvalue weighted by atomic mass is 32.1. The van der Waals surface area contributed by atoms with Gasteiger partial charge in [-0.1, -0.05) is 0 Å². The molecule has 1 atom stereocenters. The van der Waals surface area contributed by atoms with E-state index in [4.69, 9.17) is 4.74 Å². The first kappa shape index (κ1) is 18.2. The molecule has 1 aromatic heterocycles. The van der Waals surface area contributed by atoms with Crippen LogP contribution in [0, 0.1) is 13.8 Å². The fraction of sp³-hybridized carbons (Fsp3) is 0.353. The molecule has 1 N–H and O–H groups in total. The summed E-state index contributed by atoms with van der Waals surface area (Å²) in [6.45, 7) is 2.89. The number of carbonyl (C=O) groups is 1. The summed E-state index contributed by atoms with van der Waals surface area (Å²) in [4.78, 5) is 14.7. The Hall–Kier alpha value is -2.15. The van der Waals surface area contributed by atoms with Crippen molar-refractivity contribution in [2.45, 2.75) is 33.4 Å². The number of amides is 1. The maximum Gasteiger partial charge on any atom is 0.387 e. The van der Waals surface area contributed by atoms with Crippen LogP contribution >= 0.6 is 11.3 Å². The van der Waals surface area contributed by atoms with Crippen LogP contribution in [0.15, 0.2) is 24.3 Å². The highest BCUT2D eigenvalue weighted by Crippen LogP contribution is 2.30. The molecule has 0 fully saturated rings. The lowest BCUT2D eigenvalue weighted by molar-refractivity contribution is -0.0512. The predicted octanol–water partition coefficient (Wildman–Crippen LogP) is 4.47. The number of halogens is 2. The van der Waals surface area contributed by atoms with E-state index in [1.165, 1.54) is 30.2 Å². The number of thiophene rings is 1. The number of methoxy groups -OCH3 is 1. The molecule has 0 bridgehead atoms. The summed E-state index contributed by atoms with van der Waals surface area (Å²) < 4.78 is 34.3. The van der Waals surface area contributed by atoms with Gasteiger partial charge in [0.1, 0.15) is 0 Å². The van der Waals surface area contributed by atoms with E-state index >= 15 is 0 Å². The molecule has 0 aliphatic heterocycles. The zero-order valence-electron chi connectivity index (χ0n) is 13.9. The number of rotatable bonds is 6. The van der Waals surface area contributed by atoms with Crippen LogP contribution in [-0.2, 0) is 0 Å². The Labute approximate surface area is 143 Å². The standard InChI is InChI=1S/C17H19F2NO3S/c1-9-7-13(11(3)24-9)10(2)20-16(21)12-5-6-14(22-4)15(8-12)23-17(18)19/h5-8,10,17H,1-4H3,(H,20,21). The summed E-state index contributed by atoms with van der Waals surface area (Å²) in [5.41, 5.74) is 1.27. The van der Waals surface area contributed by atoms with Crippen molar-refractivity contribution in [1.29, 1.82) is 0 Å². The molecule has 0 spiro atoms. The summed E-state index contributed by atoms with van der Waals surface area (Å²) in [5, 5.41) is 2.87. The normalized spacial score (nSPS) is 12.1. The summed E-state index contributed by atoms with van der Waals surface area (Å²) in [5.74, 6) is -0.396. The van der Waals surface area contributed by atoms with Gasteiger partial charge in [-0.2, -0.15) is 8.78 Å². The van der Waals surface area contributed by atoms with Crippen molar-refractivity contribution in [1.82, 2.24) is 5.32 Å². The minimum Gasteiger partial charge on any atom is -0.493 e. The van der Waals surface area contributed by atoms with E-state index in [0.29, 0.717) is 0 Å². The number of hydrogen-bond donors (Lipinski definition) is 1. The largest absolute Gasteiger partial charge is 0.493 e. The number of benzene rings is 1. The van der Waals surface area contributed by atoms with Gasteiger partial charge in [0.2, 0.25) is 0 Å². The highest BCUT2D eigenvalue weighted by Gasteiger charge is 2.18. The third-order valence-corrected chi connectivity index (χ3v) is 4.52. The molecule has 130 valence electrons. The number of carbonyl (C=O) groups excluding carboxylic acids is 1. The Balaban J connectivity index is 2.18. The molecule has 1 unspecified atom stereocenters. The van der Waals surface area contributed by atoms with Crippen LogP contribution < -0.4 is 14.8 Å². The van der Waals surface area contributed by atoms with Crippen LogP contribution in [0.2, 0.25) is 0 Å². The summed E-state index contributed by atoms with van der Waals surface area (Å²) in [6.07, 6.45) is 0. The lowest BCUT2D eigenvalue weighted by Crippen LogP contribution is -2.26. The molecule has 0 saturated carbocycles. The third-order valence-electron chi connectivity index (χ3n) is 3.54. The van der Waals surface area contributed by atoms with E-state index in [-0.39, 0.29) is 29.0 Å². The van der Waals surface area contributed by atoms with Crippen molar-refractivity contribution >= 4 is 17.2 Å². The van der Waals surface area contributed by atoms with Crippen molar-refractivity contribution in [3.8, 4) is 11.5 Å². The van der Waals surface area contributed by atoms with Gasteiger partial charge in [-0.25, -0.2) is 0 Å². The molecule has 0 aliphatic rings. The fourth-order valence-corrected chi connectivity index (χ4v) is 3.47. The Kier molecular flexibility index (Phi) is 5.77. The molecule has 4 nitrogen and oxygen atoms in total. The van der Waals surface area contributed by atoms with Crippen molar-refractivity contribution in [3.05, 3.63) is 45.1 Å². The molecule has 2 aromatic rings. The molecule has 0 radical (unpaired) electrons. The van der Waals surface area contributed by atoms with Crippen molar-refractivity contribution in [2.24, 2.45) is 0 Å². The number of aryl methyl sites for hydroxylation is 2. The molecule has 1 aromatic carbocycles. The van der Waals surface area contributed by atoms with Crippen LogP contribution in [0.5, 0.6) is 11.5 Å². The quantitative estimate of drug-likeness (QED) is 0.832. The van der Waals surface area contributed by atoms with Crippen molar-refractivity contribution in [2.75, 3.05) is 7.11 Å². The van der Waals surface area contributed by atoms with Crippen LogP contribution in [0.25, 0.3) is 0 Å². The molecule has 1 heterocycles. The summed E-state index contributed by atoms with van der Waals surface area (Å²) in [7, 11) is 1.34. The molecular formula is C17H19F2NO3S. The van der Waals surface area contributed by atoms with Crippen molar-refractivity contribution < 1.29 is 23.0 Å². The minimum absolute atomic E-state index is 0.143. The van der Waals surface area contributed by atoms with E-state index in [1.807, 2.05) is 26.8 Å². The maximum absolute atomic E-state index is 12.5. The second-order valence-electron chi connectivity index (χ2n) is 5.31. The first-order valence-electron chi connectivity index (χ1n) is 7.32. The Bertz CT molecular complexity index is 731. The molecule has 24 heavy (non-hydrogen) atoms. The SMILES string of the molecule is COc1ccc(C(=O)NC(C)c2cc(C)sc2C)cc1OC(F)F. The van der Waals surface area contributed by atoms with Crippen LogP contribution in [-0.4, -0.2) is 19.6 Å². The molecular weight excluding hydrogens is 336 g/mol. The van der Waals surface area contributed by atoms with E-state index in [2.05, 4.69) is 10.1 Å². The molecule has 0 aliphatic carbocycles. The van der Waals surface area contributed by atoms with Gasteiger partial charge in [0, 0.05) is 15.3 Å². The fourth-order valence-electron chi connectivity index (χ4n) is 2.44. The molecule has 2 rings (SSSR count). The topological polar surface area (TPSA) is 47.6 Å². The van der Waals surface area contributed by atoms with Gasteiger partial charge in [-0.3, -0.25) is 4.79 Å². The first-order valence-corrected chi connectivity index (χ1v) is 8.14. The van der Waals surface area contributed by atoms with E-state index in [1.54, 1.807) is 11.3 Å². The van der Waals surface area contributed by atoms with Gasteiger partial charge in [-0.15, -0.1) is 11.3 Å². The number of alkyl halides is 2. The van der Waals surface area contributed by atoms with E-state index in [9.17, 15) is 13.6 Å². The van der Waals surface area contributed by atoms with Gasteiger partial charge in [0.15, 0.2) is 11.5 Å². The minimum atomic E-state index is -2.99. The average Bonchev–Trinajstić information content (AvgIpc) is 2.85. The van der Waals surface area contributed by atoms with Gasteiger partial charge >= 0.3 is 6.61 Å². The first-order chi connectivity index (χ1) is 11.3. The van der Waals surface area contributed by atoms with Crippen LogP contribution in [0.3, 0.4) is 0 Å². The lowest BCUT2D eigenvalue weighted by atomic mass is 10.1. The second kappa shape index (κ2) is 7.61. The predicted molar refractivity (Wildman–Crippen MR) is 89.3 cm³/mol. The van der Waals surface area contributed by atoms with Crippen LogP contribution in [0.1, 0.15) is 38.6 Å². The number of nitrogens with one attached hydrogen (secondary N) is 1. The van der Waals surface area contributed by atoms with Crippen LogP contribution in [0.4, 0.5) is 8.78 Å². The Morgan fingerprint density at radius 1 is 1.21 bits per heavy atom. The zero-order chi connectivity index (χ0) is 17.9. The van der Waals surface area contributed by atoms with Gasteiger partial charge < -0.3 is 14.8 Å². The highest BCUT2D eigenvalue weighted by molar-refractivity contribution is 7.12. The zero-order valence-corrected chi connectivity index (χ0v) is 14.7. The summed E-state index contributed by atoms with van der Waals surface area (Å²) in [6, 6.07) is 6.02. The van der Waals surface area contributed by atoms with E-state index < -0.39 is 6.61 Å². The monoisotopic (exact) mass is 355 g/mol. The maximum atomic E-state index is 12.5. The summed E-state index contributed by atoms with van der Waals surface area (Å²) >= 11 is 1.66. The Morgan fingerprint density at radius 3 is 2.46 bits per heavy atom. The number of ether oxygens (including phenoxy) is 2. The second-order valence-corrected chi connectivity index (χ2v) is 6.77. The Morgan fingerprint density at radius 2 is 1.92 bits per heavy atom. The van der Waals surface area contributed by atoms with Gasteiger partial charge in [0.25, 0.3) is 5.91 Å². The molecule has 1 amide bonds. The lowest BCUT2D eigenvalue weighted by Gasteiger charge is -2.15. The molecule has 7 heteroatoms. The smallest absolute Gasteiger partial charge is 0.387 e. The van der Waals surface area contributed by atoms with E-state index in [0.717, 1.165) is 10.4 Å². The van der Waals surface area contributed by atoms with Crippen molar-refractivity contribution in [3.63, 3.8) is 0 Å². The molecule has 0 saturated heterocycles. The average molecular weight is 355 g/mol. The third kappa shape index (κ3) is 4.23. The van der Waals surface area contributed by atoms with Gasteiger partial charge in [-0.05, 0) is 50.6 Å². The van der Waals surface area contributed by atoms with Gasteiger partial charge in [0.05, 0.1) is 13.2 Å².